The van der Waals surface area contributed by atoms with E-state index in [-0.39, 0.29) is 29.5 Å². The second kappa shape index (κ2) is 5.46. The Kier molecular flexibility index (Phi) is 3.89. The molecule has 20 heavy (non-hydrogen) atoms. The summed E-state index contributed by atoms with van der Waals surface area (Å²) in [5, 5.41) is 9.18. The summed E-state index contributed by atoms with van der Waals surface area (Å²) in [6, 6.07) is 2.60. The molecular formula is C12H11ClN2O5. The number of carbonyl (C=O) groups is 3. The quantitative estimate of drug-likeness (QED) is 0.659. The number of carboxylic acids is 1. The Morgan fingerprint density at radius 2 is 2.20 bits per heavy atom. The Bertz CT molecular complexity index is 589. The van der Waals surface area contributed by atoms with Crippen LogP contribution in [0.4, 0.5) is 5.82 Å². The van der Waals surface area contributed by atoms with Gasteiger partial charge in [0.1, 0.15) is 10.7 Å². The van der Waals surface area contributed by atoms with Gasteiger partial charge in [0.05, 0.1) is 13.0 Å². The van der Waals surface area contributed by atoms with Gasteiger partial charge in [-0.2, -0.15) is 0 Å². The smallest absolute Gasteiger partial charge is 0.339 e. The highest BCUT2D eigenvalue weighted by molar-refractivity contribution is 6.29. The molecule has 1 aliphatic heterocycles. The third kappa shape index (κ3) is 2.57. The molecular weight excluding hydrogens is 288 g/mol. The third-order valence-electron chi connectivity index (χ3n) is 2.99. The average Bonchev–Trinajstić information content (AvgIpc) is 2.79. The lowest BCUT2D eigenvalue weighted by molar-refractivity contribution is -0.145. The number of anilines is 1. The van der Waals surface area contributed by atoms with Gasteiger partial charge in [-0.05, 0) is 12.1 Å². The maximum absolute atomic E-state index is 11.9. The summed E-state index contributed by atoms with van der Waals surface area (Å²) in [4.78, 5) is 39.6. The van der Waals surface area contributed by atoms with Crippen LogP contribution in [0, 0.1) is 5.92 Å². The number of carboxylic acid groups (broad SMARTS) is 1. The van der Waals surface area contributed by atoms with Crippen molar-refractivity contribution in [2.45, 2.75) is 6.42 Å². The number of rotatable bonds is 3. The number of aromatic carboxylic acids is 1. The number of hydrogen-bond donors (Lipinski definition) is 1. The number of pyridine rings is 1. The van der Waals surface area contributed by atoms with Crippen LogP contribution >= 0.6 is 11.6 Å². The zero-order valence-electron chi connectivity index (χ0n) is 10.5. The number of hydrogen-bond acceptors (Lipinski definition) is 5. The fourth-order valence-corrected chi connectivity index (χ4v) is 2.18. The van der Waals surface area contributed by atoms with E-state index in [2.05, 4.69) is 9.72 Å². The fraction of sp³-hybridized carbons (Fsp3) is 0.333. The topological polar surface area (TPSA) is 96.8 Å². The number of amides is 1. The highest BCUT2D eigenvalue weighted by Crippen LogP contribution is 2.28. The molecule has 1 unspecified atom stereocenters. The summed E-state index contributed by atoms with van der Waals surface area (Å²) >= 11 is 5.74. The summed E-state index contributed by atoms with van der Waals surface area (Å²) in [7, 11) is 1.23. The molecule has 0 bridgehead atoms. The van der Waals surface area contributed by atoms with Crippen LogP contribution in [0.1, 0.15) is 16.8 Å². The van der Waals surface area contributed by atoms with E-state index in [4.69, 9.17) is 16.7 Å². The van der Waals surface area contributed by atoms with Gasteiger partial charge in [0, 0.05) is 13.0 Å². The largest absolute Gasteiger partial charge is 0.478 e. The van der Waals surface area contributed by atoms with Crippen molar-refractivity contribution in [3.05, 3.63) is 22.8 Å². The number of halogens is 1. The van der Waals surface area contributed by atoms with Gasteiger partial charge < -0.3 is 9.84 Å². The van der Waals surface area contributed by atoms with Crippen LogP contribution in [0.15, 0.2) is 12.1 Å². The number of methoxy groups -OCH3 is 1. The molecule has 0 radical (unpaired) electrons. The molecule has 1 fully saturated rings. The molecule has 1 N–H and O–H groups in total. The molecule has 1 saturated heterocycles. The molecule has 0 aliphatic carbocycles. The van der Waals surface area contributed by atoms with E-state index in [1.165, 1.54) is 19.2 Å². The maximum atomic E-state index is 11.9. The molecule has 1 amide bonds. The van der Waals surface area contributed by atoms with Crippen molar-refractivity contribution in [3.8, 4) is 0 Å². The average molecular weight is 299 g/mol. The van der Waals surface area contributed by atoms with Gasteiger partial charge in [0.25, 0.3) is 0 Å². The predicted molar refractivity (Wildman–Crippen MR) is 68.7 cm³/mol. The van der Waals surface area contributed by atoms with E-state index >= 15 is 0 Å². The van der Waals surface area contributed by atoms with Crippen molar-refractivity contribution in [1.29, 1.82) is 0 Å². The van der Waals surface area contributed by atoms with Crippen LogP contribution in [0.5, 0.6) is 0 Å². The Labute approximate surface area is 119 Å². The van der Waals surface area contributed by atoms with Gasteiger partial charge in [0.15, 0.2) is 5.82 Å². The first-order chi connectivity index (χ1) is 9.43. The van der Waals surface area contributed by atoms with E-state index < -0.39 is 23.8 Å². The first-order valence-electron chi connectivity index (χ1n) is 5.72. The van der Waals surface area contributed by atoms with Crippen molar-refractivity contribution in [1.82, 2.24) is 4.98 Å². The lowest BCUT2D eigenvalue weighted by Gasteiger charge is -2.17. The second-order valence-electron chi connectivity index (χ2n) is 4.24. The standard InChI is InChI=1S/C12H11ClN2O5/c1-20-12(19)6-4-9(16)15(5-6)10-7(11(17)18)2-3-8(13)14-10/h2-3,6H,4-5H2,1H3,(H,17,18). The van der Waals surface area contributed by atoms with Crippen LogP contribution in [0.2, 0.25) is 5.15 Å². The molecule has 8 heteroatoms. The molecule has 0 aromatic carbocycles. The van der Waals surface area contributed by atoms with Gasteiger partial charge in [0.2, 0.25) is 5.91 Å². The Hall–Kier alpha value is -2.15. The highest BCUT2D eigenvalue weighted by atomic mass is 35.5. The van der Waals surface area contributed by atoms with Crippen LogP contribution in [-0.4, -0.2) is 41.6 Å². The van der Waals surface area contributed by atoms with Crippen LogP contribution in [-0.2, 0) is 14.3 Å². The highest BCUT2D eigenvalue weighted by Gasteiger charge is 2.38. The van der Waals surface area contributed by atoms with Gasteiger partial charge in [-0.15, -0.1) is 0 Å². The third-order valence-corrected chi connectivity index (χ3v) is 3.20. The molecule has 2 rings (SSSR count). The number of carbonyl (C=O) groups excluding carboxylic acids is 2. The Morgan fingerprint density at radius 3 is 2.80 bits per heavy atom. The van der Waals surface area contributed by atoms with Gasteiger partial charge in [-0.3, -0.25) is 14.5 Å². The molecule has 106 valence electrons. The number of aromatic nitrogens is 1. The first-order valence-corrected chi connectivity index (χ1v) is 6.10. The molecule has 1 atom stereocenters. The van der Waals surface area contributed by atoms with E-state index in [0.717, 1.165) is 4.90 Å². The zero-order chi connectivity index (χ0) is 14.9. The lowest BCUT2D eigenvalue weighted by atomic mass is 10.1. The van der Waals surface area contributed by atoms with Gasteiger partial charge >= 0.3 is 11.9 Å². The van der Waals surface area contributed by atoms with Crippen molar-refractivity contribution in [2.75, 3.05) is 18.6 Å². The molecule has 1 aromatic rings. The molecule has 7 nitrogen and oxygen atoms in total. The van der Waals surface area contributed by atoms with E-state index in [0.29, 0.717) is 0 Å². The SMILES string of the molecule is COC(=O)C1CC(=O)N(c2nc(Cl)ccc2C(=O)O)C1. The van der Waals surface area contributed by atoms with Crippen LogP contribution in [0.25, 0.3) is 0 Å². The summed E-state index contributed by atoms with van der Waals surface area (Å²) in [5.74, 6) is -2.81. The van der Waals surface area contributed by atoms with Crippen molar-refractivity contribution < 1.29 is 24.2 Å². The molecule has 0 spiro atoms. The number of esters is 1. The molecule has 1 aromatic heterocycles. The van der Waals surface area contributed by atoms with Gasteiger partial charge in [-0.25, -0.2) is 9.78 Å². The van der Waals surface area contributed by atoms with Crippen molar-refractivity contribution >= 4 is 35.3 Å². The molecule has 2 heterocycles. The monoisotopic (exact) mass is 298 g/mol. The second-order valence-corrected chi connectivity index (χ2v) is 4.63. The van der Waals surface area contributed by atoms with Crippen molar-refractivity contribution in [2.24, 2.45) is 5.92 Å². The minimum absolute atomic E-state index is 0.0269. The molecule has 1 aliphatic rings. The van der Waals surface area contributed by atoms with Crippen molar-refractivity contribution in [3.63, 3.8) is 0 Å². The summed E-state index contributed by atoms with van der Waals surface area (Å²) in [5.41, 5.74) is -0.145. The Balaban J connectivity index is 2.37. The number of nitrogens with zero attached hydrogens (tertiary/aromatic N) is 2. The fourth-order valence-electron chi connectivity index (χ4n) is 2.03. The minimum Gasteiger partial charge on any atom is -0.478 e. The summed E-state index contributed by atoms with van der Waals surface area (Å²) in [6.45, 7) is 0.0269. The summed E-state index contributed by atoms with van der Waals surface area (Å²) in [6.07, 6.45) is -0.0417. The number of ether oxygens (including phenoxy) is 1. The van der Waals surface area contributed by atoms with Gasteiger partial charge in [-0.1, -0.05) is 11.6 Å². The maximum Gasteiger partial charge on any atom is 0.339 e. The van der Waals surface area contributed by atoms with E-state index in [1.807, 2.05) is 0 Å². The zero-order valence-corrected chi connectivity index (χ0v) is 11.3. The van der Waals surface area contributed by atoms with E-state index in [1.54, 1.807) is 0 Å². The lowest BCUT2D eigenvalue weighted by Crippen LogP contribution is -2.28. The van der Waals surface area contributed by atoms with Crippen LogP contribution < -0.4 is 4.90 Å². The van der Waals surface area contributed by atoms with Crippen LogP contribution in [0.3, 0.4) is 0 Å². The Morgan fingerprint density at radius 1 is 1.50 bits per heavy atom. The summed E-state index contributed by atoms with van der Waals surface area (Å²) < 4.78 is 4.59. The molecule has 0 saturated carbocycles. The normalized spacial score (nSPS) is 18.2. The van der Waals surface area contributed by atoms with E-state index in [9.17, 15) is 14.4 Å². The predicted octanol–water partition coefficient (Wildman–Crippen LogP) is 0.959. The minimum atomic E-state index is -1.22. The first kappa shape index (κ1) is 14.3.